The Hall–Kier alpha value is -1.12. The monoisotopic (exact) mass is 336 g/mol. The van der Waals surface area contributed by atoms with E-state index in [1.54, 1.807) is 6.08 Å². The van der Waals surface area contributed by atoms with E-state index in [4.69, 9.17) is 4.74 Å². The Morgan fingerprint density at radius 1 is 1.12 bits per heavy atom. The van der Waals surface area contributed by atoms with Crippen LogP contribution in [-0.4, -0.2) is 18.4 Å². The van der Waals surface area contributed by atoms with Crippen LogP contribution in [0.3, 0.4) is 0 Å². The highest BCUT2D eigenvalue weighted by atomic mass is 16.5. The summed E-state index contributed by atoms with van der Waals surface area (Å²) >= 11 is 0. The molecule has 0 heterocycles. The molecular formula is C21H36O3. The highest BCUT2D eigenvalue weighted by Gasteiger charge is 2.19. The van der Waals surface area contributed by atoms with Crippen LogP contribution >= 0.6 is 0 Å². The van der Waals surface area contributed by atoms with Crippen molar-refractivity contribution in [1.82, 2.24) is 0 Å². The van der Waals surface area contributed by atoms with E-state index in [0.29, 0.717) is 25.4 Å². The van der Waals surface area contributed by atoms with Gasteiger partial charge in [0.05, 0.1) is 6.61 Å². The Kier molecular flexibility index (Phi) is 10.7. The van der Waals surface area contributed by atoms with Gasteiger partial charge in [0.25, 0.3) is 0 Å². The van der Waals surface area contributed by atoms with Gasteiger partial charge in [-0.15, -0.1) is 0 Å². The molecule has 0 aliphatic heterocycles. The zero-order valence-electron chi connectivity index (χ0n) is 15.9. The lowest BCUT2D eigenvalue weighted by molar-refractivity contribution is -0.138. The quantitative estimate of drug-likeness (QED) is 0.285. The van der Waals surface area contributed by atoms with E-state index >= 15 is 0 Å². The van der Waals surface area contributed by atoms with Gasteiger partial charge in [-0.1, -0.05) is 65.4 Å². The lowest BCUT2D eigenvalue weighted by atomic mass is 9.86. The molecule has 1 aliphatic rings. The molecule has 0 aromatic carbocycles. The van der Waals surface area contributed by atoms with Crippen LogP contribution in [0, 0.1) is 17.8 Å². The number of rotatable bonds is 11. The van der Waals surface area contributed by atoms with Gasteiger partial charge in [-0.25, -0.2) is 4.79 Å². The predicted molar refractivity (Wildman–Crippen MR) is 98.8 cm³/mol. The smallest absolute Gasteiger partial charge is 0.330 e. The maximum absolute atomic E-state index is 11.9. The minimum Gasteiger partial charge on any atom is -0.463 e. The molecule has 1 rings (SSSR count). The van der Waals surface area contributed by atoms with Gasteiger partial charge in [-0.2, -0.15) is 0 Å². The molecule has 0 bridgehead atoms. The highest BCUT2D eigenvalue weighted by Crippen LogP contribution is 2.27. The number of unbranched alkanes of at least 4 members (excludes halogenated alkanes) is 1. The van der Waals surface area contributed by atoms with E-state index in [1.807, 2.05) is 6.92 Å². The summed E-state index contributed by atoms with van der Waals surface area (Å²) in [5.74, 6) is 1.20. The first-order valence-corrected chi connectivity index (χ1v) is 9.90. The van der Waals surface area contributed by atoms with E-state index in [2.05, 4.69) is 13.8 Å². The van der Waals surface area contributed by atoms with Crippen molar-refractivity contribution < 1.29 is 14.3 Å². The lowest BCUT2D eigenvalue weighted by Crippen LogP contribution is -2.18. The zero-order chi connectivity index (χ0) is 17.8. The van der Waals surface area contributed by atoms with Gasteiger partial charge >= 0.3 is 5.97 Å². The molecule has 0 spiro atoms. The summed E-state index contributed by atoms with van der Waals surface area (Å²) in [5, 5.41) is 0. The van der Waals surface area contributed by atoms with Gasteiger partial charge in [-0.3, -0.25) is 4.79 Å². The summed E-state index contributed by atoms with van der Waals surface area (Å²) in [5.41, 5.74) is 0. The van der Waals surface area contributed by atoms with Gasteiger partial charge in [0.1, 0.15) is 5.78 Å². The molecule has 1 aliphatic carbocycles. The van der Waals surface area contributed by atoms with Gasteiger partial charge in [-0.05, 0) is 31.1 Å². The van der Waals surface area contributed by atoms with Crippen LogP contribution in [0.4, 0.5) is 0 Å². The molecule has 1 atom stereocenters. The van der Waals surface area contributed by atoms with Crippen molar-refractivity contribution in [2.24, 2.45) is 17.8 Å². The summed E-state index contributed by atoms with van der Waals surface area (Å²) in [6.45, 7) is 6.51. The van der Waals surface area contributed by atoms with Crippen LogP contribution in [-0.2, 0) is 14.3 Å². The number of ether oxygens (including phenoxy) is 1. The first kappa shape index (κ1) is 20.9. The second-order valence-corrected chi connectivity index (χ2v) is 7.48. The highest BCUT2D eigenvalue weighted by molar-refractivity contribution is 5.83. The third-order valence-corrected chi connectivity index (χ3v) is 5.19. The number of allylic oxidation sites excluding steroid dienone is 1. The summed E-state index contributed by atoms with van der Waals surface area (Å²) < 4.78 is 5.25. The fourth-order valence-corrected chi connectivity index (χ4v) is 3.58. The largest absolute Gasteiger partial charge is 0.463 e. The third kappa shape index (κ3) is 8.65. The van der Waals surface area contributed by atoms with Crippen LogP contribution < -0.4 is 0 Å². The first-order chi connectivity index (χ1) is 11.5. The standard InChI is InChI=1S/C21H36O3/c1-4-20(22)19(17(2)3)14-10-15-21(23)24-16-9-8-13-18-11-6-5-7-12-18/h10,15,17-19H,4-9,11-14,16H2,1-3H3. The topological polar surface area (TPSA) is 43.4 Å². The second kappa shape index (κ2) is 12.3. The maximum Gasteiger partial charge on any atom is 0.330 e. The van der Waals surface area contributed by atoms with Gasteiger partial charge < -0.3 is 4.74 Å². The van der Waals surface area contributed by atoms with Crippen molar-refractivity contribution in [2.75, 3.05) is 6.61 Å². The predicted octanol–water partition coefficient (Wildman–Crippen LogP) is 5.48. The van der Waals surface area contributed by atoms with Crippen molar-refractivity contribution in [2.45, 2.75) is 85.0 Å². The number of hydrogen-bond donors (Lipinski definition) is 0. The summed E-state index contributed by atoms with van der Waals surface area (Å²) in [7, 11) is 0. The number of carbonyl (C=O) groups excluding carboxylic acids is 2. The van der Waals surface area contributed by atoms with Gasteiger partial charge in [0.2, 0.25) is 0 Å². The Balaban J connectivity index is 2.12. The molecule has 0 aromatic heterocycles. The molecule has 0 radical (unpaired) electrons. The minimum absolute atomic E-state index is 0.00884. The fraction of sp³-hybridized carbons (Fsp3) is 0.810. The van der Waals surface area contributed by atoms with E-state index in [9.17, 15) is 9.59 Å². The minimum atomic E-state index is -0.279. The summed E-state index contributed by atoms with van der Waals surface area (Å²) in [6.07, 6.45) is 14.8. The van der Waals surface area contributed by atoms with Crippen LogP contribution in [0.25, 0.3) is 0 Å². The zero-order valence-corrected chi connectivity index (χ0v) is 15.9. The molecule has 0 aromatic rings. The number of hydrogen-bond acceptors (Lipinski definition) is 3. The number of Topliss-reactive ketones (excluding diaryl/α,β-unsaturated/α-hetero) is 1. The van der Waals surface area contributed by atoms with E-state index in [1.165, 1.54) is 44.6 Å². The molecule has 138 valence electrons. The third-order valence-electron chi connectivity index (χ3n) is 5.19. The van der Waals surface area contributed by atoms with Crippen molar-refractivity contribution in [3.63, 3.8) is 0 Å². The number of carbonyl (C=O) groups is 2. The molecule has 0 N–H and O–H groups in total. The Morgan fingerprint density at radius 3 is 2.46 bits per heavy atom. The maximum atomic E-state index is 11.9. The summed E-state index contributed by atoms with van der Waals surface area (Å²) in [4.78, 5) is 23.6. The SMILES string of the molecule is CCC(=O)C(CC=CC(=O)OCCCCC1CCCCC1)C(C)C. The van der Waals surface area contributed by atoms with Crippen LogP contribution in [0.1, 0.15) is 85.0 Å². The molecule has 24 heavy (non-hydrogen) atoms. The molecule has 3 nitrogen and oxygen atoms in total. The molecule has 0 amide bonds. The Labute approximate surface area is 148 Å². The lowest BCUT2D eigenvalue weighted by Gasteiger charge is -2.21. The average Bonchev–Trinajstić information content (AvgIpc) is 2.58. The van der Waals surface area contributed by atoms with Crippen molar-refractivity contribution in [3.8, 4) is 0 Å². The Bertz CT molecular complexity index is 392. The van der Waals surface area contributed by atoms with Crippen molar-refractivity contribution in [1.29, 1.82) is 0 Å². The van der Waals surface area contributed by atoms with Crippen molar-refractivity contribution in [3.05, 3.63) is 12.2 Å². The fourth-order valence-electron chi connectivity index (χ4n) is 3.58. The number of ketones is 1. The van der Waals surface area contributed by atoms with E-state index in [0.717, 1.165) is 18.8 Å². The molecule has 1 unspecified atom stereocenters. The van der Waals surface area contributed by atoms with Crippen LogP contribution in [0.15, 0.2) is 12.2 Å². The molecule has 0 saturated heterocycles. The Morgan fingerprint density at radius 2 is 1.83 bits per heavy atom. The molecule has 1 fully saturated rings. The van der Waals surface area contributed by atoms with Gasteiger partial charge in [0.15, 0.2) is 0 Å². The van der Waals surface area contributed by atoms with E-state index < -0.39 is 0 Å². The van der Waals surface area contributed by atoms with Crippen LogP contribution in [0.2, 0.25) is 0 Å². The molecular weight excluding hydrogens is 300 g/mol. The number of esters is 1. The summed E-state index contributed by atoms with van der Waals surface area (Å²) in [6, 6.07) is 0. The second-order valence-electron chi connectivity index (χ2n) is 7.48. The molecule has 3 heteroatoms. The first-order valence-electron chi connectivity index (χ1n) is 9.90. The average molecular weight is 337 g/mol. The van der Waals surface area contributed by atoms with Crippen molar-refractivity contribution >= 4 is 11.8 Å². The van der Waals surface area contributed by atoms with Gasteiger partial charge in [0, 0.05) is 18.4 Å². The van der Waals surface area contributed by atoms with Crippen LogP contribution in [0.5, 0.6) is 0 Å². The molecule has 1 saturated carbocycles. The van der Waals surface area contributed by atoms with E-state index in [-0.39, 0.29) is 17.7 Å². The normalized spacial score (nSPS) is 17.3.